The van der Waals surface area contributed by atoms with E-state index in [2.05, 4.69) is 15.4 Å². The number of hydrogen-bond donors (Lipinski definition) is 2. The largest absolute Gasteiger partial charge is 0.384 e. The topological polar surface area (TPSA) is 85.8 Å². The molecule has 3 N–H and O–H groups in total. The minimum Gasteiger partial charge on any atom is -0.384 e. The molecule has 0 spiro atoms. The molecule has 7 heteroatoms. The van der Waals surface area contributed by atoms with Crippen LogP contribution in [0.25, 0.3) is 0 Å². The number of aryl methyl sites for hydroxylation is 3. The summed E-state index contributed by atoms with van der Waals surface area (Å²) in [7, 11) is 0. The van der Waals surface area contributed by atoms with Gasteiger partial charge in [0.05, 0.1) is 10.7 Å². The van der Waals surface area contributed by atoms with Crippen LogP contribution in [0, 0.1) is 13.8 Å². The van der Waals surface area contributed by atoms with E-state index in [4.69, 9.17) is 17.3 Å². The number of rotatable bonds is 5. The van der Waals surface area contributed by atoms with Crippen LogP contribution >= 0.6 is 11.6 Å². The van der Waals surface area contributed by atoms with Gasteiger partial charge >= 0.3 is 0 Å². The number of halogens is 1. The quantitative estimate of drug-likeness (QED) is 0.827. The van der Waals surface area contributed by atoms with Crippen molar-refractivity contribution in [2.24, 2.45) is 0 Å². The van der Waals surface area contributed by atoms with Gasteiger partial charge in [0.25, 0.3) is 5.91 Å². The lowest BCUT2D eigenvalue weighted by molar-refractivity contribution is 0.0948. The number of carbonyl (C=O) groups is 1. The summed E-state index contributed by atoms with van der Waals surface area (Å²) in [5, 5.41) is 7.44. The number of amides is 1. The SMILES string of the molecule is Cc1cc(C)n(CCCNC(=O)c2nc(N)ccc2Cl)n1. The van der Waals surface area contributed by atoms with Gasteiger partial charge in [0.15, 0.2) is 0 Å². The molecule has 0 unspecified atom stereocenters. The molecule has 6 nitrogen and oxygen atoms in total. The zero-order valence-corrected chi connectivity index (χ0v) is 12.8. The highest BCUT2D eigenvalue weighted by Crippen LogP contribution is 2.14. The van der Waals surface area contributed by atoms with Gasteiger partial charge < -0.3 is 11.1 Å². The number of nitrogens with zero attached hydrogens (tertiary/aromatic N) is 3. The number of nitrogens with one attached hydrogen (secondary N) is 1. The van der Waals surface area contributed by atoms with E-state index in [1.54, 1.807) is 12.1 Å². The Morgan fingerprint density at radius 1 is 1.43 bits per heavy atom. The predicted molar refractivity (Wildman–Crippen MR) is 82.3 cm³/mol. The minimum absolute atomic E-state index is 0.155. The van der Waals surface area contributed by atoms with E-state index in [9.17, 15) is 4.79 Å². The van der Waals surface area contributed by atoms with E-state index in [1.807, 2.05) is 24.6 Å². The summed E-state index contributed by atoms with van der Waals surface area (Å²) in [5.41, 5.74) is 7.81. The average Bonchev–Trinajstić information content (AvgIpc) is 2.75. The number of aromatic nitrogens is 3. The first-order valence-corrected chi connectivity index (χ1v) is 7.06. The smallest absolute Gasteiger partial charge is 0.271 e. The number of carbonyl (C=O) groups excluding carboxylic acids is 1. The van der Waals surface area contributed by atoms with Crippen molar-refractivity contribution in [1.82, 2.24) is 20.1 Å². The highest BCUT2D eigenvalue weighted by molar-refractivity contribution is 6.33. The van der Waals surface area contributed by atoms with Crippen LogP contribution in [0.1, 0.15) is 28.3 Å². The third-order valence-electron chi connectivity index (χ3n) is 3.02. The van der Waals surface area contributed by atoms with Crippen molar-refractivity contribution in [3.8, 4) is 0 Å². The molecule has 0 saturated heterocycles. The number of hydrogen-bond acceptors (Lipinski definition) is 4. The normalized spacial score (nSPS) is 10.6. The van der Waals surface area contributed by atoms with Crippen molar-refractivity contribution in [2.75, 3.05) is 12.3 Å². The molecule has 2 rings (SSSR count). The summed E-state index contributed by atoms with van der Waals surface area (Å²) in [5.74, 6) is -0.0483. The lowest BCUT2D eigenvalue weighted by Crippen LogP contribution is -2.26. The third-order valence-corrected chi connectivity index (χ3v) is 3.32. The molecule has 112 valence electrons. The zero-order chi connectivity index (χ0) is 15.4. The molecule has 0 atom stereocenters. The molecule has 0 bridgehead atoms. The minimum atomic E-state index is -0.319. The molecular formula is C14H18ClN5O. The molecule has 0 fully saturated rings. The molecule has 21 heavy (non-hydrogen) atoms. The van der Waals surface area contributed by atoms with Gasteiger partial charge in [-0.15, -0.1) is 0 Å². The Balaban J connectivity index is 1.84. The Bertz CT molecular complexity index is 653. The van der Waals surface area contributed by atoms with Crippen LogP contribution in [0.2, 0.25) is 5.02 Å². The van der Waals surface area contributed by atoms with E-state index in [-0.39, 0.29) is 17.4 Å². The van der Waals surface area contributed by atoms with Crippen molar-refractivity contribution < 1.29 is 4.79 Å². The first kappa shape index (κ1) is 15.3. The summed E-state index contributed by atoms with van der Waals surface area (Å²) in [4.78, 5) is 15.9. The maximum Gasteiger partial charge on any atom is 0.271 e. The lowest BCUT2D eigenvalue weighted by Gasteiger charge is -2.07. The van der Waals surface area contributed by atoms with Crippen molar-refractivity contribution in [1.29, 1.82) is 0 Å². The second kappa shape index (κ2) is 6.58. The van der Waals surface area contributed by atoms with Crippen LogP contribution in [0.3, 0.4) is 0 Å². The third kappa shape index (κ3) is 3.95. The van der Waals surface area contributed by atoms with Gasteiger partial charge in [-0.2, -0.15) is 5.10 Å². The van der Waals surface area contributed by atoms with Crippen LogP contribution in [-0.4, -0.2) is 27.2 Å². The number of anilines is 1. The van der Waals surface area contributed by atoms with Gasteiger partial charge in [0, 0.05) is 18.8 Å². The summed E-state index contributed by atoms with van der Waals surface area (Å²) < 4.78 is 1.92. The Morgan fingerprint density at radius 2 is 2.19 bits per heavy atom. The second-order valence-corrected chi connectivity index (χ2v) is 5.23. The van der Waals surface area contributed by atoms with Gasteiger partial charge in [-0.3, -0.25) is 9.48 Å². The average molecular weight is 308 g/mol. The van der Waals surface area contributed by atoms with Crippen molar-refractivity contribution in [3.63, 3.8) is 0 Å². The Labute approximate surface area is 128 Å². The maximum absolute atomic E-state index is 12.0. The van der Waals surface area contributed by atoms with Crippen LogP contribution in [0.5, 0.6) is 0 Å². The van der Waals surface area contributed by atoms with Crippen LogP contribution in [0.15, 0.2) is 18.2 Å². The molecule has 0 radical (unpaired) electrons. The van der Waals surface area contributed by atoms with Crippen molar-refractivity contribution in [2.45, 2.75) is 26.8 Å². The highest BCUT2D eigenvalue weighted by Gasteiger charge is 2.12. The van der Waals surface area contributed by atoms with Crippen molar-refractivity contribution >= 4 is 23.3 Å². The van der Waals surface area contributed by atoms with E-state index in [0.29, 0.717) is 11.6 Å². The summed E-state index contributed by atoms with van der Waals surface area (Å²) in [6, 6.07) is 5.14. The molecule has 0 aliphatic carbocycles. The van der Waals surface area contributed by atoms with E-state index >= 15 is 0 Å². The van der Waals surface area contributed by atoms with Gasteiger partial charge in [-0.25, -0.2) is 4.98 Å². The second-order valence-electron chi connectivity index (χ2n) is 4.83. The number of pyridine rings is 1. The van der Waals surface area contributed by atoms with E-state index in [0.717, 1.165) is 24.4 Å². The fourth-order valence-corrected chi connectivity index (χ4v) is 2.22. The van der Waals surface area contributed by atoms with Crippen LogP contribution in [-0.2, 0) is 6.54 Å². The summed E-state index contributed by atoms with van der Waals surface area (Å²) in [6.45, 7) is 5.23. The Kier molecular flexibility index (Phi) is 4.80. The lowest BCUT2D eigenvalue weighted by atomic mass is 10.3. The molecule has 1 amide bonds. The van der Waals surface area contributed by atoms with Crippen LogP contribution in [0.4, 0.5) is 5.82 Å². The van der Waals surface area contributed by atoms with Crippen molar-refractivity contribution in [3.05, 3.63) is 40.3 Å². The van der Waals surface area contributed by atoms with Crippen LogP contribution < -0.4 is 11.1 Å². The number of nitrogens with two attached hydrogens (primary N) is 1. The molecule has 2 aromatic rings. The maximum atomic E-state index is 12.0. The molecule has 0 aromatic carbocycles. The van der Waals surface area contributed by atoms with Gasteiger partial charge in [0.1, 0.15) is 11.5 Å². The fourth-order valence-electron chi connectivity index (χ4n) is 2.03. The monoisotopic (exact) mass is 307 g/mol. The number of nitrogen functional groups attached to an aromatic ring is 1. The summed E-state index contributed by atoms with van der Waals surface area (Å²) >= 11 is 5.93. The fraction of sp³-hybridized carbons (Fsp3) is 0.357. The molecule has 2 aromatic heterocycles. The van der Waals surface area contributed by atoms with Gasteiger partial charge in [-0.1, -0.05) is 11.6 Å². The van der Waals surface area contributed by atoms with E-state index < -0.39 is 0 Å². The Hall–Kier alpha value is -2.08. The van der Waals surface area contributed by atoms with Gasteiger partial charge in [-0.05, 0) is 38.5 Å². The molecule has 2 heterocycles. The Morgan fingerprint density at radius 3 is 2.86 bits per heavy atom. The molecule has 0 aliphatic rings. The first-order chi connectivity index (χ1) is 9.97. The molecule has 0 saturated carbocycles. The van der Waals surface area contributed by atoms with Gasteiger partial charge in [0.2, 0.25) is 0 Å². The van der Waals surface area contributed by atoms with E-state index in [1.165, 1.54) is 0 Å². The highest BCUT2D eigenvalue weighted by atomic mass is 35.5. The molecular weight excluding hydrogens is 290 g/mol. The zero-order valence-electron chi connectivity index (χ0n) is 12.1. The predicted octanol–water partition coefficient (Wildman–Crippen LogP) is 1.95. The first-order valence-electron chi connectivity index (χ1n) is 6.68. The molecule has 0 aliphatic heterocycles. The summed E-state index contributed by atoms with van der Waals surface area (Å²) in [6.07, 6.45) is 0.771. The standard InChI is InChI=1S/C14H18ClN5O/c1-9-8-10(2)20(19-9)7-3-6-17-14(21)13-11(15)4-5-12(16)18-13/h4-5,8H,3,6-7H2,1-2H3,(H2,16,18)(H,17,21).